The first-order chi connectivity index (χ1) is 9.48. The summed E-state index contributed by atoms with van der Waals surface area (Å²) in [5.74, 6) is 3.67. The molecular formula is C17H26N2O. The van der Waals surface area contributed by atoms with E-state index in [2.05, 4.69) is 11.4 Å². The van der Waals surface area contributed by atoms with E-state index >= 15 is 0 Å². The van der Waals surface area contributed by atoms with Crippen LogP contribution in [0, 0.1) is 46.3 Å². The van der Waals surface area contributed by atoms with E-state index < -0.39 is 0 Å². The van der Waals surface area contributed by atoms with Crippen LogP contribution in [0.5, 0.6) is 0 Å². The van der Waals surface area contributed by atoms with E-state index in [9.17, 15) is 4.79 Å². The maximum atomic E-state index is 12.5. The minimum Gasteiger partial charge on any atom is -0.356 e. The van der Waals surface area contributed by atoms with Crippen molar-refractivity contribution in [1.29, 1.82) is 5.26 Å². The molecule has 4 aliphatic rings. The summed E-state index contributed by atoms with van der Waals surface area (Å²) in [6.45, 7) is 4.51. The number of amides is 1. The summed E-state index contributed by atoms with van der Waals surface area (Å²) in [5.41, 5.74) is -0.336. The van der Waals surface area contributed by atoms with Gasteiger partial charge in [0.1, 0.15) is 0 Å². The van der Waals surface area contributed by atoms with Crippen LogP contribution in [0.3, 0.4) is 0 Å². The molecule has 3 nitrogen and oxygen atoms in total. The fourth-order valence-electron chi connectivity index (χ4n) is 5.03. The third kappa shape index (κ3) is 2.57. The highest BCUT2D eigenvalue weighted by Crippen LogP contribution is 2.56. The number of nitrogens with one attached hydrogen (secondary N) is 1. The zero-order valence-electron chi connectivity index (χ0n) is 12.7. The Labute approximate surface area is 122 Å². The van der Waals surface area contributed by atoms with Gasteiger partial charge in [0, 0.05) is 12.5 Å². The third-order valence-corrected chi connectivity index (χ3v) is 5.88. The maximum Gasteiger partial charge on any atom is 0.223 e. The molecule has 0 radical (unpaired) electrons. The molecular weight excluding hydrogens is 248 g/mol. The van der Waals surface area contributed by atoms with Gasteiger partial charge in [-0.25, -0.2) is 0 Å². The van der Waals surface area contributed by atoms with Crippen molar-refractivity contribution in [2.45, 2.75) is 52.4 Å². The second-order valence-corrected chi connectivity index (χ2v) is 7.99. The lowest BCUT2D eigenvalue weighted by Crippen LogP contribution is -2.51. The first kappa shape index (κ1) is 13.9. The smallest absolute Gasteiger partial charge is 0.223 e. The highest BCUT2D eigenvalue weighted by atomic mass is 16.1. The molecule has 4 saturated carbocycles. The average Bonchev–Trinajstić information content (AvgIpc) is 2.37. The van der Waals surface area contributed by atoms with Gasteiger partial charge < -0.3 is 5.32 Å². The Morgan fingerprint density at radius 2 is 1.70 bits per heavy atom. The Kier molecular flexibility index (Phi) is 3.52. The molecule has 0 aliphatic heterocycles. The number of hydrogen-bond donors (Lipinski definition) is 1. The van der Waals surface area contributed by atoms with E-state index in [1.54, 1.807) is 0 Å². The van der Waals surface area contributed by atoms with Gasteiger partial charge >= 0.3 is 0 Å². The Balaban J connectivity index is 1.54. The molecule has 0 aromatic heterocycles. The maximum absolute atomic E-state index is 12.5. The van der Waals surface area contributed by atoms with Crippen LogP contribution in [0.1, 0.15) is 52.4 Å². The molecule has 110 valence electrons. The SMILES string of the molecule is CC(C)(C#N)CCNC(=O)C1C2CC3CC(C2)CC1C3. The molecule has 1 amide bonds. The largest absolute Gasteiger partial charge is 0.356 e. The average molecular weight is 274 g/mol. The molecule has 4 fully saturated rings. The van der Waals surface area contributed by atoms with Crippen LogP contribution in [0.2, 0.25) is 0 Å². The molecule has 0 spiro atoms. The van der Waals surface area contributed by atoms with Crippen molar-refractivity contribution < 1.29 is 4.79 Å². The Morgan fingerprint density at radius 3 is 2.20 bits per heavy atom. The lowest BCUT2D eigenvalue weighted by atomic mass is 9.51. The number of carbonyl (C=O) groups excluding carboxylic acids is 1. The summed E-state index contributed by atoms with van der Waals surface area (Å²) in [4.78, 5) is 12.5. The quantitative estimate of drug-likeness (QED) is 0.856. The number of carbonyl (C=O) groups is 1. The second-order valence-electron chi connectivity index (χ2n) is 7.99. The van der Waals surface area contributed by atoms with E-state index in [1.807, 2.05) is 13.8 Å². The Morgan fingerprint density at radius 1 is 1.15 bits per heavy atom. The molecule has 1 N–H and O–H groups in total. The predicted molar refractivity (Wildman–Crippen MR) is 77.6 cm³/mol. The normalized spacial score (nSPS) is 38.5. The molecule has 4 bridgehead atoms. The van der Waals surface area contributed by atoms with E-state index in [1.165, 1.54) is 32.1 Å². The summed E-state index contributed by atoms with van der Waals surface area (Å²) < 4.78 is 0. The van der Waals surface area contributed by atoms with Crippen molar-refractivity contribution in [3.63, 3.8) is 0 Å². The fourth-order valence-corrected chi connectivity index (χ4v) is 5.03. The van der Waals surface area contributed by atoms with Crippen molar-refractivity contribution in [3.8, 4) is 6.07 Å². The highest BCUT2D eigenvalue weighted by molar-refractivity contribution is 5.79. The van der Waals surface area contributed by atoms with Gasteiger partial charge in [-0.3, -0.25) is 4.79 Å². The number of hydrogen-bond acceptors (Lipinski definition) is 2. The van der Waals surface area contributed by atoms with Crippen LogP contribution in [0.25, 0.3) is 0 Å². The standard InChI is InChI=1S/C17H26N2O/c1-17(2,10-18)3-4-19-16(20)15-13-6-11-5-12(8-13)9-14(15)7-11/h11-15H,3-9H2,1-2H3,(H,19,20). The summed E-state index contributed by atoms with van der Waals surface area (Å²) in [5, 5.41) is 12.1. The van der Waals surface area contributed by atoms with Gasteiger partial charge in [0.25, 0.3) is 0 Å². The van der Waals surface area contributed by atoms with Crippen molar-refractivity contribution in [1.82, 2.24) is 5.32 Å². The van der Waals surface area contributed by atoms with E-state index in [0.717, 1.165) is 18.3 Å². The molecule has 0 unspecified atom stereocenters. The zero-order valence-corrected chi connectivity index (χ0v) is 12.7. The van der Waals surface area contributed by atoms with Crippen molar-refractivity contribution in [2.24, 2.45) is 35.0 Å². The monoisotopic (exact) mass is 274 g/mol. The second kappa shape index (κ2) is 5.06. The number of rotatable bonds is 4. The number of nitriles is 1. The third-order valence-electron chi connectivity index (χ3n) is 5.88. The first-order valence-corrected chi connectivity index (χ1v) is 8.17. The molecule has 0 aromatic carbocycles. The molecule has 0 saturated heterocycles. The van der Waals surface area contributed by atoms with Crippen LogP contribution in [0.15, 0.2) is 0 Å². The lowest BCUT2D eigenvalue weighted by Gasteiger charge is -2.53. The van der Waals surface area contributed by atoms with Crippen molar-refractivity contribution in [3.05, 3.63) is 0 Å². The summed E-state index contributed by atoms with van der Waals surface area (Å²) >= 11 is 0. The zero-order chi connectivity index (χ0) is 14.3. The van der Waals surface area contributed by atoms with Gasteiger partial charge in [-0.2, -0.15) is 5.26 Å². The molecule has 4 rings (SSSR count). The number of nitrogens with zero attached hydrogens (tertiary/aromatic N) is 1. The van der Waals surface area contributed by atoms with Crippen molar-refractivity contribution >= 4 is 5.91 Å². The summed E-state index contributed by atoms with van der Waals surface area (Å²) in [7, 11) is 0. The molecule has 0 aromatic rings. The summed E-state index contributed by atoms with van der Waals surface area (Å²) in [6, 6.07) is 2.29. The fraction of sp³-hybridized carbons (Fsp3) is 0.882. The van der Waals surface area contributed by atoms with E-state index in [4.69, 9.17) is 5.26 Å². The molecule has 0 heterocycles. The summed E-state index contributed by atoms with van der Waals surface area (Å²) in [6.07, 6.45) is 7.31. The minimum atomic E-state index is -0.336. The molecule has 0 atom stereocenters. The van der Waals surface area contributed by atoms with Gasteiger partial charge in [-0.05, 0) is 76.0 Å². The van der Waals surface area contributed by atoms with E-state index in [0.29, 0.717) is 18.4 Å². The van der Waals surface area contributed by atoms with Gasteiger partial charge in [-0.15, -0.1) is 0 Å². The Hall–Kier alpha value is -1.04. The first-order valence-electron chi connectivity index (χ1n) is 8.17. The van der Waals surface area contributed by atoms with Crippen LogP contribution >= 0.6 is 0 Å². The molecule has 4 aliphatic carbocycles. The van der Waals surface area contributed by atoms with Gasteiger partial charge in [0.15, 0.2) is 0 Å². The molecule has 20 heavy (non-hydrogen) atoms. The molecule has 3 heteroatoms. The van der Waals surface area contributed by atoms with Crippen LogP contribution in [-0.2, 0) is 4.79 Å². The topological polar surface area (TPSA) is 52.9 Å². The van der Waals surface area contributed by atoms with E-state index in [-0.39, 0.29) is 17.2 Å². The van der Waals surface area contributed by atoms with Gasteiger partial charge in [0.05, 0.1) is 11.5 Å². The van der Waals surface area contributed by atoms with Crippen LogP contribution < -0.4 is 5.32 Å². The van der Waals surface area contributed by atoms with Crippen LogP contribution in [-0.4, -0.2) is 12.5 Å². The van der Waals surface area contributed by atoms with Crippen molar-refractivity contribution in [2.75, 3.05) is 6.54 Å². The Bertz CT molecular complexity index is 407. The highest BCUT2D eigenvalue weighted by Gasteiger charge is 2.50. The van der Waals surface area contributed by atoms with Gasteiger partial charge in [0.2, 0.25) is 5.91 Å². The predicted octanol–water partition coefficient (Wildman–Crippen LogP) is 3.11. The minimum absolute atomic E-state index is 0.271. The van der Waals surface area contributed by atoms with Crippen LogP contribution in [0.4, 0.5) is 0 Å². The lowest BCUT2D eigenvalue weighted by molar-refractivity contribution is -0.138. The van der Waals surface area contributed by atoms with Gasteiger partial charge in [-0.1, -0.05) is 0 Å².